The zero-order valence-electron chi connectivity index (χ0n) is 10.5. The van der Waals surface area contributed by atoms with E-state index in [2.05, 4.69) is 22.3 Å². The molecule has 0 fully saturated rings. The van der Waals surface area contributed by atoms with E-state index in [4.69, 9.17) is 10.3 Å². The molecule has 5 heteroatoms. The lowest BCUT2D eigenvalue weighted by Gasteiger charge is -2.09. The van der Waals surface area contributed by atoms with Gasteiger partial charge in [-0.1, -0.05) is 30.3 Å². The Morgan fingerprint density at radius 1 is 1.28 bits per heavy atom. The number of rotatable bonds is 5. The van der Waals surface area contributed by atoms with Gasteiger partial charge in [-0.15, -0.1) is 11.8 Å². The molecule has 96 valence electrons. The van der Waals surface area contributed by atoms with Crippen LogP contribution in [0.15, 0.2) is 39.8 Å². The van der Waals surface area contributed by atoms with Crippen molar-refractivity contribution in [1.29, 1.82) is 0 Å². The van der Waals surface area contributed by atoms with Crippen molar-refractivity contribution < 1.29 is 4.52 Å². The second-order valence-electron chi connectivity index (χ2n) is 4.30. The third-order valence-corrected chi connectivity index (χ3v) is 3.78. The largest absolute Gasteiger partial charge is 0.339 e. The van der Waals surface area contributed by atoms with Crippen LogP contribution in [-0.4, -0.2) is 16.2 Å². The Bertz CT molecular complexity index is 484. The maximum absolute atomic E-state index is 5.81. The van der Waals surface area contributed by atoms with E-state index in [9.17, 15) is 0 Å². The fraction of sp³-hybridized carbons (Fsp3) is 0.385. The lowest BCUT2D eigenvalue weighted by atomic mass is 10.1. The number of hydrogen-bond donors (Lipinski definition) is 1. The summed E-state index contributed by atoms with van der Waals surface area (Å²) in [7, 11) is 0. The van der Waals surface area contributed by atoms with Gasteiger partial charge in [0.25, 0.3) is 0 Å². The average Bonchev–Trinajstić information content (AvgIpc) is 2.85. The van der Waals surface area contributed by atoms with Gasteiger partial charge in [-0.25, -0.2) is 0 Å². The van der Waals surface area contributed by atoms with E-state index in [1.54, 1.807) is 11.8 Å². The monoisotopic (exact) mass is 263 g/mol. The van der Waals surface area contributed by atoms with Crippen LogP contribution in [0.4, 0.5) is 0 Å². The highest BCUT2D eigenvalue weighted by Crippen LogP contribution is 2.22. The molecule has 0 amide bonds. The Balaban J connectivity index is 1.95. The molecule has 0 aliphatic carbocycles. The number of aromatic nitrogens is 2. The first-order valence-corrected chi connectivity index (χ1v) is 6.91. The van der Waals surface area contributed by atoms with E-state index >= 15 is 0 Å². The zero-order chi connectivity index (χ0) is 13.0. The van der Waals surface area contributed by atoms with Crippen molar-refractivity contribution in [1.82, 2.24) is 10.1 Å². The SMILES string of the molecule is CC(N)C(C)c1nc(CSc2ccccc2)no1. The van der Waals surface area contributed by atoms with Crippen molar-refractivity contribution in [2.45, 2.75) is 36.5 Å². The standard InChI is InChI=1S/C13H17N3OS/c1-9(10(2)14)13-15-12(16-17-13)8-18-11-6-4-3-5-7-11/h3-7,9-10H,8,14H2,1-2H3. The van der Waals surface area contributed by atoms with Gasteiger partial charge in [0.1, 0.15) is 0 Å². The molecule has 2 unspecified atom stereocenters. The van der Waals surface area contributed by atoms with E-state index in [1.165, 1.54) is 4.90 Å². The molecule has 0 bridgehead atoms. The van der Waals surface area contributed by atoms with Crippen LogP contribution >= 0.6 is 11.8 Å². The summed E-state index contributed by atoms with van der Waals surface area (Å²) in [5.74, 6) is 2.13. The quantitative estimate of drug-likeness (QED) is 0.840. The van der Waals surface area contributed by atoms with E-state index in [1.807, 2.05) is 32.0 Å². The summed E-state index contributed by atoms with van der Waals surface area (Å²) in [4.78, 5) is 5.57. The molecule has 0 aliphatic rings. The molecule has 2 N–H and O–H groups in total. The zero-order valence-corrected chi connectivity index (χ0v) is 11.4. The molecule has 4 nitrogen and oxygen atoms in total. The normalized spacial score (nSPS) is 14.4. The lowest BCUT2D eigenvalue weighted by molar-refractivity contribution is 0.344. The topological polar surface area (TPSA) is 64.9 Å². The lowest BCUT2D eigenvalue weighted by Crippen LogP contribution is -2.22. The summed E-state index contributed by atoms with van der Waals surface area (Å²) < 4.78 is 5.22. The van der Waals surface area contributed by atoms with Gasteiger partial charge in [-0.05, 0) is 19.1 Å². The van der Waals surface area contributed by atoms with Crippen LogP contribution in [0.25, 0.3) is 0 Å². The molecular weight excluding hydrogens is 246 g/mol. The Morgan fingerprint density at radius 2 is 2.00 bits per heavy atom. The number of hydrogen-bond acceptors (Lipinski definition) is 5. The van der Waals surface area contributed by atoms with E-state index in [0.29, 0.717) is 17.5 Å². The van der Waals surface area contributed by atoms with Gasteiger partial charge < -0.3 is 10.3 Å². The molecule has 0 aliphatic heterocycles. The number of benzene rings is 1. The minimum atomic E-state index is 0.0140. The predicted octanol–water partition coefficient (Wildman–Crippen LogP) is 2.81. The van der Waals surface area contributed by atoms with Gasteiger partial charge in [0.05, 0.1) is 11.7 Å². The van der Waals surface area contributed by atoms with E-state index in [-0.39, 0.29) is 12.0 Å². The molecule has 0 radical (unpaired) electrons. The summed E-state index contributed by atoms with van der Waals surface area (Å²) in [5.41, 5.74) is 5.81. The predicted molar refractivity (Wildman–Crippen MR) is 72.4 cm³/mol. The van der Waals surface area contributed by atoms with Crippen molar-refractivity contribution >= 4 is 11.8 Å². The first-order valence-electron chi connectivity index (χ1n) is 5.92. The molecule has 2 rings (SSSR count). The number of thioether (sulfide) groups is 1. The van der Waals surface area contributed by atoms with Crippen LogP contribution in [0.3, 0.4) is 0 Å². The average molecular weight is 263 g/mol. The van der Waals surface area contributed by atoms with Gasteiger partial charge in [-0.3, -0.25) is 0 Å². The van der Waals surface area contributed by atoms with Gasteiger partial charge in [0, 0.05) is 10.9 Å². The Hall–Kier alpha value is -1.33. The van der Waals surface area contributed by atoms with Crippen molar-refractivity contribution in [2.24, 2.45) is 5.73 Å². The Morgan fingerprint density at radius 3 is 2.67 bits per heavy atom. The second-order valence-corrected chi connectivity index (χ2v) is 5.35. The summed E-state index contributed by atoms with van der Waals surface area (Å²) >= 11 is 1.69. The first-order chi connectivity index (χ1) is 8.66. The molecular formula is C13H17N3OS. The van der Waals surface area contributed by atoms with Gasteiger partial charge in [-0.2, -0.15) is 4.98 Å². The molecule has 2 atom stereocenters. The van der Waals surface area contributed by atoms with Crippen molar-refractivity contribution in [3.63, 3.8) is 0 Å². The van der Waals surface area contributed by atoms with Crippen LogP contribution in [0.2, 0.25) is 0 Å². The minimum Gasteiger partial charge on any atom is -0.339 e. The highest BCUT2D eigenvalue weighted by Gasteiger charge is 2.17. The molecule has 0 saturated heterocycles. The van der Waals surface area contributed by atoms with Crippen LogP contribution in [-0.2, 0) is 5.75 Å². The van der Waals surface area contributed by atoms with Crippen molar-refractivity contribution in [3.05, 3.63) is 42.0 Å². The smallest absolute Gasteiger partial charge is 0.231 e. The summed E-state index contributed by atoms with van der Waals surface area (Å²) in [6.45, 7) is 3.93. The van der Waals surface area contributed by atoms with E-state index in [0.717, 1.165) is 0 Å². The van der Waals surface area contributed by atoms with Crippen LogP contribution < -0.4 is 5.73 Å². The van der Waals surface area contributed by atoms with Crippen LogP contribution in [0.5, 0.6) is 0 Å². The first kappa shape index (κ1) is 13.1. The van der Waals surface area contributed by atoms with Crippen LogP contribution in [0.1, 0.15) is 31.5 Å². The third-order valence-electron chi connectivity index (χ3n) is 2.77. The summed E-state index contributed by atoms with van der Waals surface area (Å²) in [5, 5.41) is 3.97. The fourth-order valence-corrected chi connectivity index (χ4v) is 2.16. The number of nitrogens with zero attached hydrogens (tertiary/aromatic N) is 2. The van der Waals surface area contributed by atoms with Crippen molar-refractivity contribution in [2.75, 3.05) is 0 Å². The molecule has 18 heavy (non-hydrogen) atoms. The third kappa shape index (κ3) is 3.34. The van der Waals surface area contributed by atoms with Crippen LogP contribution in [0, 0.1) is 0 Å². The van der Waals surface area contributed by atoms with Gasteiger partial charge in [0.15, 0.2) is 5.82 Å². The molecule has 1 aromatic heterocycles. The minimum absolute atomic E-state index is 0.0140. The summed E-state index contributed by atoms with van der Waals surface area (Å²) in [6, 6.07) is 10.2. The summed E-state index contributed by atoms with van der Waals surface area (Å²) in [6.07, 6.45) is 0. The molecule has 2 aromatic rings. The van der Waals surface area contributed by atoms with Crippen molar-refractivity contribution in [3.8, 4) is 0 Å². The highest BCUT2D eigenvalue weighted by atomic mass is 32.2. The highest BCUT2D eigenvalue weighted by molar-refractivity contribution is 7.98. The molecule has 1 heterocycles. The molecule has 0 spiro atoms. The maximum atomic E-state index is 5.81. The molecule has 0 saturated carbocycles. The number of nitrogens with two attached hydrogens (primary N) is 1. The fourth-order valence-electron chi connectivity index (χ4n) is 1.40. The Labute approximate surface area is 111 Å². The second kappa shape index (κ2) is 6.02. The van der Waals surface area contributed by atoms with Gasteiger partial charge >= 0.3 is 0 Å². The molecule has 1 aromatic carbocycles. The maximum Gasteiger partial charge on any atom is 0.231 e. The van der Waals surface area contributed by atoms with Gasteiger partial charge in [0.2, 0.25) is 5.89 Å². The Kier molecular flexibility index (Phi) is 4.38. The van der Waals surface area contributed by atoms with E-state index < -0.39 is 0 Å².